The summed E-state index contributed by atoms with van der Waals surface area (Å²) in [5.41, 5.74) is 1.69. The minimum atomic E-state index is -4.83. The topological polar surface area (TPSA) is 79.9 Å². The molecule has 0 spiro atoms. The number of anilines is 1. The van der Waals surface area contributed by atoms with Gasteiger partial charge in [-0.3, -0.25) is 4.79 Å². The minimum absolute atomic E-state index is 0.120. The zero-order valence-corrected chi connectivity index (χ0v) is 14.3. The van der Waals surface area contributed by atoms with Crippen LogP contribution < -0.4 is 10.1 Å². The molecule has 6 nitrogen and oxygen atoms in total. The summed E-state index contributed by atoms with van der Waals surface area (Å²) >= 11 is 0. The van der Waals surface area contributed by atoms with Gasteiger partial charge in [-0.1, -0.05) is 18.2 Å². The predicted octanol–water partition coefficient (Wildman–Crippen LogP) is 3.82. The van der Waals surface area contributed by atoms with Crippen molar-refractivity contribution in [2.24, 2.45) is 0 Å². The average Bonchev–Trinajstić information content (AvgIpc) is 3.12. The Labute approximate surface area is 157 Å². The van der Waals surface area contributed by atoms with E-state index < -0.39 is 18.0 Å². The standard InChI is InChI=1S/C19H13F3N4O2/c20-19(21,22)28-17-4-2-1-3-14(17)9-18(27)25-15-5-7-16(8-6-15)26-12-13(10-23)11-24-26/h1-8,11-12H,9H2,(H,25,27). The highest BCUT2D eigenvalue weighted by Crippen LogP contribution is 2.26. The fraction of sp³-hybridized carbons (Fsp3) is 0.105. The first-order chi connectivity index (χ1) is 13.3. The van der Waals surface area contributed by atoms with Gasteiger partial charge in [-0.25, -0.2) is 4.68 Å². The number of nitriles is 1. The molecule has 0 radical (unpaired) electrons. The van der Waals surface area contributed by atoms with E-state index in [1.807, 2.05) is 6.07 Å². The van der Waals surface area contributed by atoms with Crippen molar-refractivity contribution < 1.29 is 22.7 Å². The second-order valence-corrected chi connectivity index (χ2v) is 5.71. The lowest BCUT2D eigenvalue weighted by Gasteiger charge is -2.13. The zero-order valence-electron chi connectivity index (χ0n) is 14.3. The summed E-state index contributed by atoms with van der Waals surface area (Å²) in [6.07, 6.45) is -2.12. The van der Waals surface area contributed by atoms with Gasteiger partial charge in [0.1, 0.15) is 11.8 Å². The van der Waals surface area contributed by atoms with E-state index in [-0.39, 0.29) is 12.0 Å². The van der Waals surface area contributed by atoms with Crippen molar-refractivity contribution in [3.05, 3.63) is 72.1 Å². The van der Waals surface area contributed by atoms with Crippen molar-refractivity contribution in [1.29, 1.82) is 5.26 Å². The molecule has 0 saturated carbocycles. The maximum atomic E-state index is 12.5. The molecule has 2 aromatic carbocycles. The van der Waals surface area contributed by atoms with E-state index in [0.717, 1.165) is 6.07 Å². The summed E-state index contributed by atoms with van der Waals surface area (Å²) in [6, 6.07) is 14.1. The van der Waals surface area contributed by atoms with E-state index in [4.69, 9.17) is 5.26 Å². The molecule has 0 bridgehead atoms. The summed E-state index contributed by atoms with van der Waals surface area (Å²) in [5, 5.41) is 15.5. The summed E-state index contributed by atoms with van der Waals surface area (Å²) in [4.78, 5) is 12.2. The predicted molar refractivity (Wildman–Crippen MR) is 93.7 cm³/mol. The molecule has 142 valence electrons. The second-order valence-electron chi connectivity index (χ2n) is 5.71. The minimum Gasteiger partial charge on any atom is -0.405 e. The maximum absolute atomic E-state index is 12.5. The van der Waals surface area contributed by atoms with Crippen molar-refractivity contribution in [1.82, 2.24) is 9.78 Å². The fourth-order valence-electron chi connectivity index (χ4n) is 2.47. The van der Waals surface area contributed by atoms with Crippen LogP contribution in [0.15, 0.2) is 60.9 Å². The molecule has 0 atom stereocenters. The molecular weight excluding hydrogens is 373 g/mol. The van der Waals surface area contributed by atoms with Crippen molar-refractivity contribution in [2.75, 3.05) is 5.32 Å². The Balaban J connectivity index is 1.66. The molecule has 0 aliphatic heterocycles. The number of para-hydroxylation sites is 1. The molecule has 0 aliphatic rings. The maximum Gasteiger partial charge on any atom is 0.573 e. The van der Waals surface area contributed by atoms with E-state index in [1.165, 1.54) is 29.1 Å². The Bertz CT molecular complexity index is 1020. The van der Waals surface area contributed by atoms with Crippen LogP contribution in [-0.4, -0.2) is 22.1 Å². The van der Waals surface area contributed by atoms with Crippen molar-refractivity contribution in [3.8, 4) is 17.5 Å². The third-order valence-corrected chi connectivity index (χ3v) is 3.68. The van der Waals surface area contributed by atoms with Gasteiger partial charge < -0.3 is 10.1 Å². The van der Waals surface area contributed by atoms with E-state index >= 15 is 0 Å². The van der Waals surface area contributed by atoms with Gasteiger partial charge in [0.05, 0.1) is 23.9 Å². The van der Waals surface area contributed by atoms with Gasteiger partial charge in [0.25, 0.3) is 0 Å². The van der Waals surface area contributed by atoms with E-state index in [9.17, 15) is 18.0 Å². The second kappa shape index (κ2) is 7.84. The van der Waals surface area contributed by atoms with Crippen LogP contribution in [0.3, 0.4) is 0 Å². The molecule has 0 saturated heterocycles. The van der Waals surface area contributed by atoms with Crippen LogP contribution in [-0.2, 0) is 11.2 Å². The Morgan fingerprint density at radius 3 is 2.54 bits per heavy atom. The highest BCUT2D eigenvalue weighted by molar-refractivity contribution is 5.92. The van der Waals surface area contributed by atoms with Gasteiger partial charge in [0, 0.05) is 17.4 Å². The quantitative estimate of drug-likeness (QED) is 0.723. The van der Waals surface area contributed by atoms with Crippen molar-refractivity contribution in [3.63, 3.8) is 0 Å². The number of halogens is 3. The first kappa shape index (κ1) is 19.0. The summed E-state index contributed by atoms with van der Waals surface area (Å²) < 4.78 is 42.8. The van der Waals surface area contributed by atoms with Gasteiger partial charge in [0.2, 0.25) is 5.91 Å². The third kappa shape index (κ3) is 4.88. The van der Waals surface area contributed by atoms with Crippen LogP contribution in [0.1, 0.15) is 11.1 Å². The number of nitrogens with one attached hydrogen (secondary N) is 1. The Morgan fingerprint density at radius 1 is 1.18 bits per heavy atom. The molecule has 9 heteroatoms. The lowest BCUT2D eigenvalue weighted by Crippen LogP contribution is -2.20. The number of nitrogens with zero attached hydrogens (tertiary/aromatic N) is 3. The number of hydrogen-bond acceptors (Lipinski definition) is 4. The molecule has 3 aromatic rings. The normalized spacial score (nSPS) is 10.9. The van der Waals surface area contributed by atoms with Crippen LogP contribution >= 0.6 is 0 Å². The highest BCUT2D eigenvalue weighted by Gasteiger charge is 2.32. The lowest BCUT2D eigenvalue weighted by molar-refractivity contribution is -0.274. The number of ether oxygens (including phenoxy) is 1. The number of alkyl halides is 3. The SMILES string of the molecule is N#Cc1cnn(-c2ccc(NC(=O)Cc3ccccc3OC(F)(F)F)cc2)c1. The van der Waals surface area contributed by atoms with Gasteiger partial charge in [0.15, 0.2) is 0 Å². The van der Waals surface area contributed by atoms with Crippen LogP contribution in [0.2, 0.25) is 0 Å². The van der Waals surface area contributed by atoms with E-state index in [0.29, 0.717) is 16.9 Å². The van der Waals surface area contributed by atoms with Crippen LogP contribution in [0.5, 0.6) is 5.75 Å². The number of benzene rings is 2. The Kier molecular flexibility index (Phi) is 5.31. The monoisotopic (exact) mass is 386 g/mol. The molecular formula is C19H13F3N4O2. The van der Waals surface area contributed by atoms with Crippen LogP contribution in [0, 0.1) is 11.3 Å². The van der Waals surface area contributed by atoms with Gasteiger partial charge in [-0.15, -0.1) is 13.2 Å². The summed E-state index contributed by atoms with van der Waals surface area (Å²) in [6.45, 7) is 0. The van der Waals surface area contributed by atoms with Gasteiger partial charge in [-0.05, 0) is 30.3 Å². The average molecular weight is 386 g/mol. The van der Waals surface area contributed by atoms with Crippen LogP contribution in [0.4, 0.5) is 18.9 Å². The number of hydrogen-bond donors (Lipinski definition) is 1. The molecule has 28 heavy (non-hydrogen) atoms. The number of aromatic nitrogens is 2. The fourth-order valence-corrected chi connectivity index (χ4v) is 2.47. The van der Waals surface area contributed by atoms with Gasteiger partial charge >= 0.3 is 6.36 Å². The molecule has 0 aliphatic carbocycles. The number of rotatable bonds is 5. The first-order valence-corrected chi connectivity index (χ1v) is 8.03. The molecule has 1 heterocycles. The highest BCUT2D eigenvalue weighted by atomic mass is 19.4. The smallest absolute Gasteiger partial charge is 0.405 e. The van der Waals surface area contributed by atoms with Crippen molar-refractivity contribution >= 4 is 11.6 Å². The Hall–Kier alpha value is -3.80. The molecule has 0 unspecified atom stereocenters. The molecule has 0 fully saturated rings. The molecule has 3 rings (SSSR count). The molecule has 1 N–H and O–H groups in total. The number of carbonyl (C=O) groups is 1. The van der Waals surface area contributed by atoms with Gasteiger partial charge in [-0.2, -0.15) is 10.4 Å². The Morgan fingerprint density at radius 2 is 1.89 bits per heavy atom. The first-order valence-electron chi connectivity index (χ1n) is 8.03. The number of amides is 1. The number of carbonyl (C=O) groups excluding carboxylic acids is 1. The van der Waals surface area contributed by atoms with E-state index in [1.54, 1.807) is 30.5 Å². The third-order valence-electron chi connectivity index (χ3n) is 3.68. The largest absolute Gasteiger partial charge is 0.573 e. The van der Waals surface area contributed by atoms with Crippen LogP contribution in [0.25, 0.3) is 5.69 Å². The summed E-state index contributed by atoms with van der Waals surface area (Å²) in [7, 11) is 0. The zero-order chi connectivity index (χ0) is 20.1. The van der Waals surface area contributed by atoms with Crippen molar-refractivity contribution in [2.45, 2.75) is 12.8 Å². The molecule has 1 aromatic heterocycles. The van der Waals surface area contributed by atoms with E-state index in [2.05, 4.69) is 15.2 Å². The summed E-state index contributed by atoms with van der Waals surface area (Å²) in [5.74, 6) is -0.899. The lowest BCUT2D eigenvalue weighted by atomic mass is 10.1. The molecule has 1 amide bonds.